The van der Waals surface area contributed by atoms with Crippen LogP contribution in [0.4, 0.5) is 22.0 Å². The number of aryl methyl sites for hydroxylation is 1. The molecule has 1 atom stereocenters. The standard InChI is InChI=1S/C15H17F3N2.C7H6F2.C2H6/c1-9-5-12-11-4-3-10(16)6-13(11)19-14(12)7-20(9)8-15(2,17)18;1-5-2-6(8)4-7(9)3-5;1-2/h3-4,6,9,19H,5,7-8H2,1-2H3;2-4H,1H3;1-2H3. The van der Waals surface area contributed by atoms with Gasteiger partial charge in [0.25, 0.3) is 5.92 Å². The molecule has 31 heavy (non-hydrogen) atoms. The van der Waals surface area contributed by atoms with E-state index in [9.17, 15) is 22.0 Å². The van der Waals surface area contributed by atoms with E-state index in [1.165, 1.54) is 24.3 Å². The third kappa shape index (κ3) is 6.79. The van der Waals surface area contributed by atoms with Gasteiger partial charge in [-0.15, -0.1) is 0 Å². The quantitative estimate of drug-likeness (QED) is 0.425. The minimum Gasteiger partial charge on any atom is -0.357 e. The van der Waals surface area contributed by atoms with Gasteiger partial charge in [0.2, 0.25) is 0 Å². The first-order valence-corrected chi connectivity index (χ1v) is 10.4. The summed E-state index contributed by atoms with van der Waals surface area (Å²) in [4.78, 5) is 4.94. The molecule has 0 spiro atoms. The van der Waals surface area contributed by atoms with Crippen LogP contribution in [0.1, 0.15) is 44.5 Å². The highest BCUT2D eigenvalue weighted by atomic mass is 19.3. The molecule has 1 N–H and O–H groups in total. The number of halogens is 5. The summed E-state index contributed by atoms with van der Waals surface area (Å²) in [6.45, 7) is 8.74. The van der Waals surface area contributed by atoms with E-state index >= 15 is 0 Å². The maximum absolute atomic E-state index is 13.2. The second-order valence-electron chi connectivity index (χ2n) is 7.75. The fraction of sp³-hybridized carbons (Fsp3) is 0.417. The summed E-state index contributed by atoms with van der Waals surface area (Å²) >= 11 is 0. The van der Waals surface area contributed by atoms with Gasteiger partial charge in [-0.05, 0) is 61.7 Å². The number of aromatic amines is 1. The van der Waals surface area contributed by atoms with Gasteiger partial charge >= 0.3 is 0 Å². The van der Waals surface area contributed by atoms with E-state index in [0.717, 1.165) is 35.2 Å². The van der Waals surface area contributed by atoms with Crippen LogP contribution in [0.25, 0.3) is 10.9 Å². The summed E-state index contributed by atoms with van der Waals surface area (Å²) in [5, 5.41) is 0.996. The average Bonchev–Trinajstić information content (AvgIpc) is 2.98. The van der Waals surface area contributed by atoms with E-state index in [-0.39, 0.29) is 18.4 Å². The number of nitrogens with one attached hydrogen (secondary N) is 1. The molecule has 2 heterocycles. The second kappa shape index (κ2) is 10.3. The fourth-order valence-electron chi connectivity index (χ4n) is 3.70. The van der Waals surface area contributed by atoms with Gasteiger partial charge in [0.15, 0.2) is 0 Å². The van der Waals surface area contributed by atoms with Crippen molar-refractivity contribution in [3.8, 4) is 0 Å². The SMILES string of the molecule is CC.CC1Cc2c([nH]c3cc(F)ccc23)CN1CC(C)(F)F.Cc1cc(F)cc(F)c1. The fourth-order valence-corrected chi connectivity index (χ4v) is 3.70. The van der Waals surface area contributed by atoms with Crippen LogP contribution in [0, 0.1) is 24.4 Å². The van der Waals surface area contributed by atoms with Gasteiger partial charge in [0.1, 0.15) is 17.5 Å². The zero-order chi connectivity index (χ0) is 23.3. The first-order valence-electron chi connectivity index (χ1n) is 10.4. The lowest BCUT2D eigenvalue weighted by Gasteiger charge is -2.34. The Bertz CT molecular complexity index is 957. The Morgan fingerprint density at radius 3 is 2.16 bits per heavy atom. The molecule has 2 nitrogen and oxygen atoms in total. The highest BCUT2D eigenvalue weighted by Gasteiger charge is 2.32. The average molecular weight is 441 g/mol. The molecule has 170 valence electrons. The lowest BCUT2D eigenvalue weighted by molar-refractivity contribution is -0.0293. The Morgan fingerprint density at radius 1 is 1.00 bits per heavy atom. The number of alkyl halides is 2. The lowest BCUT2D eigenvalue weighted by Crippen LogP contribution is -2.44. The summed E-state index contributed by atoms with van der Waals surface area (Å²) < 4.78 is 64.0. The zero-order valence-corrected chi connectivity index (χ0v) is 18.5. The largest absolute Gasteiger partial charge is 0.357 e. The number of aromatic nitrogens is 1. The van der Waals surface area contributed by atoms with Crippen molar-refractivity contribution >= 4 is 10.9 Å². The molecule has 0 saturated carbocycles. The van der Waals surface area contributed by atoms with Crippen LogP contribution in [0.5, 0.6) is 0 Å². The van der Waals surface area contributed by atoms with E-state index in [1.807, 2.05) is 20.8 Å². The van der Waals surface area contributed by atoms with Crippen molar-refractivity contribution in [2.24, 2.45) is 0 Å². The number of benzene rings is 2. The summed E-state index contributed by atoms with van der Waals surface area (Å²) in [6, 6.07) is 8.12. The highest BCUT2D eigenvalue weighted by molar-refractivity contribution is 5.85. The third-order valence-electron chi connectivity index (χ3n) is 4.93. The van der Waals surface area contributed by atoms with Crippen LogP contribution in [-0.2, 0) is 13.0 Å². The first kappa shape index (κ1) is 24.9. The maximum Gasteiger partial charge on any atom is 0.257 e. The van der Waals surface area contributed by atoms with Crippen molar-refractivity contribution in [1.82, 2.24) is 9.88 Å². The molecule has 1 aliphatic heterocycles. The minimum absolute atomic E-state index is 0.0531. The van der Waals surface area contributed by atoms with Crippen molar-refractivity contribution in [3.63, 3.8) is 0 Å². The Labute approximate surface area is 180 Å². The number of hydrogen-bond acceptors (Lipinski definition) is 1. The molecular formula is C24H29F5N2. The van der Waals surface area contributed by atoms with Crippen LogP contribution in [0.2, 0.25) is 0 Å². The van der Waals surface area contributed by atoms with Crippen LogP contribution >= 0.6 is 0 Å². The number of rotatable bonds is 2. The number of H-pyrrole nitrogens is 1. The van der Waals surface area contributed by atoms with Gasteiger partial charge in [-0.2, -0.15) is 0 Å². The third-order valence-corrected chi connectivity index (χ3v) is 4.93. The smallest absolute Gasteiger partial charge is 0.257 e. The molecule has 0 amide bonds. The number of hydrogen-bond donors (Lipinski definition) is 1. The topological polar surface area (TPSA) is 19.0 Å². The van der Waals surface area contributed by atoms with E-state index in [1.54, 1.807) is 17.9 Å². The molecule has 1 aliphatic rings. The number of nitrogens with zero attached hydrogens (tertiary/aromatic N) is 1. The summed E-state index contributed by atoms with van der Waals surface area (Å²) in [7, 11) is 0. The minimum atomic E-state index is -2.70. The van der Waals surface area contributed by atoms with Crippen molar-refractivity contribution < 1.29 is 22.0 Å². The molecule has 0 bridgehead atoms. The van der Waals surface area contributed by atoms with E-state index < -0.39 is 17.6 Å². The molecule has 0 fully saturated rings. The molecule has 7 heteroatoms. The predicted octanol–water partition coefficient (Wildman–Crippen LogP) is 7.01. The normalized spacial score (nSPS) is 16.1. The van der Waals surface area contributed by atoms with Gasteiger partial charge in [-0.3, -0.25) is 4.90 Å². The second-order valence-corrected chi connectivity index (χ2v) is 7.75. The molecule has 0 aliphatic carbocycles. The summed E-state index contributed by atoms with van der Waals surface area (Å²) in [6.07, 6.45) is 0.705. The van der Waals surface area contributed by atoms with Crippen molar-refractivity contribution in [2.75, 3.05) is 6.54 Å². The molecule has 0 radical (unpaired) electrons. The summed E-state index contributed by atoms with van der Waals surface area (Å²) in [5.74, 6) is -4.04. The molecule has 1 aromatic heterocycles. The Kier molecular flexibility index (Phi) is 8.23. The maximum atomic E-state index is 13.2. The van der Waals surface area contributed by atoms with Crippen LogP contribution in [0.15, 0.2) is 36.4 Å². The van der Waals surface area contributed by atoms with Gasteiger partial charge < -0.3 is 4.98 Å². The van der Waals surface area contributed by atoms with Crippen LogP contribution in [-0.4, -0.2) is 28.4 Å². The number of fused-ring (bicyclic) bond motifs is 3. The molecular weight excluding hydrogens is 411 g/mol. The monoisotopic (exact) mass is 440 g/mol. The van der Waals surface area contributed by atoms with E-state index in [2.05, 4.69) is 4.98 Å². The van der Waals surface area contributed by atoms with Crippen molar-refractivity contribution in [1.29, 1.82) is 0 Å². The Balaban J connectivity index is 0.000000261. The van der Waals surface area contributed by atoms with Crippen molar-refractivity contribution in [3.05, 3.63) is 70.7 Å². The molecule has 1 unspecified atom stereocenters. The van der Waals surface area contributed by atoms with Gasteiger partial charge in [-0.25, -0.2) is 22.0 Å². The van der Waals surface area contributed by atoms with Gasteiger partial charge in [-0.1, -0.05) is 13.8 Å². The highest BCUT2D eigenvalue weighted by Crippen LogP contribution is 2.31. The molecule has 0 saturated heterocycles. The molecule has 3 aromatic rings. The summed E-state index contributed by atoms with van der Waals surface area (Å²) in [5.41, 5.74) is 3.40. The molecule has 2 aromatic carbocycles. The lowest BCUT2D eigenvalue weighted by atomic mass is 9.97. The molecule has 4 rings (SSSR count). The van der Waals surface area contributed by atoms with E-state index in [0.29, 0.717) is 18.5 Å². The van der Waals surface area contributed by atoms with Crippen LogP contribution in [0.3, 0.4) is 0 Å². The van der Waals surface area contributed by atoms with E-state index in [4.69, 9.17) is 0 Å². The Morgan fingerprint density at radius 2 is 1.61 bits per heavy atom. The predicted molar refractivity (Wildman–Crippen MR) is 115 cm³/mol. The van der Waals surface area contributed by atoms with Gasteiger partial charge in [0.05, 0.1) is 6.54 Å². The Hall–Kier alpha value is -2.41. The first-order chi connectivity index (χ1) is 14.5. The van der Waals surface area contributed by atoms with Crippen molar-refractivity contribution in [2.45, 2.75) is 59.5 Å². The van der Waals surface area contributed by atoms with Gasteiger partial charge in [0, 0.05) is 42.2 Å². The van der Waals surface area contributed by atoms with Crippen LogP contribution < -0.4 is 0 Å². The zero-order valence-electron chi connectivity index (χ0n) is 18.5.